The zero-order chi connectivity index (χ0) is 45.0. The lowest BCUT2D eigenvalue weighted by molar-refractivity contribution is -0.149. The Labute approximate surface area is 365 Å². The minimum atomic E-state index is -2.01. The molecule has 3 aromatic rings. The number of nitrogens with zero attached hydrogens (tertiary/aromatic N) is 1. The second kappa shape index (κ2) is 24.6. The Morgan fingerprint density at radius 2 is 1.50 bits per heavy atom. The first-order chi connectivity index (χ1) is 29.7. The molecule has 1 saturated heterocycles. The number of methoxy groups -OCH3 is 1. The molecule has 15 nitrogen and oxygen atoms in total. The van der Waals surface area contributed by atoms with E-state index in [1.54, 1.807) is 45.0 Å². The summed E-state index contributed by atoms with van der Waals surface area (Å²) in [6.07, 6.45) is 1.07. The zero-order valence-electron chi connectivity index (χ0n) is 36.7. The molecule has 15 heteroatoms. The summed E-state index contributed by atoms with van der Waals surface area (Å²) in [5.74, 6) is -3.84. The Morgan fingerprint density at radius 1 is 0.839 bits per heavy atom. The van der Waals surface area contributed by atoms with E-state index < -0.39 is 65.5 Å². The minimum Gasteiger partial charge on any atom is -0.465 e. The molecule has 6 amide bonds. The molecule has 4 N–H and O–H groups in total. The van der Waals surface area contributed by atoms with Gasteiger partial charge >= 0.3 is 18.1 Å². The number of carbonyl (C=O) groups is 6. The fourth-order valence-electron chi connectivity index (χ4n) is 7.07. The molecule has 3 aromatic carbocycles. The maximum absolute atomic E-state index is 15.7. The van der Waals surface area contributed by atoms with Gasteiger partial charge in [0.15, 0.2) is 0 Å². The van der Waals surface area contributed by atoms with Crippen molar-refractivity contribution in [3.63, 3.8) is 0 Å². The average molecular weight is 858 g/mol. The van der Waals surface area contributed by atoms with Crippen LogP contribution in [0.3, 0.4) is 0 Å². The number of unbranched alkanes of at least 4 members (excludes halogenated alkanes) is 2. The van der Waals surface area contributed by atoms with Crippen molar-refractivity contribution < 1.29 is 47.7 Å². The van der Waals surface area contributed by atoms with Gasteiger partial charge in [0, 0.05) is 51.9 Å². The van der Waals surface area contributed by atoms with Crippen LogP contribution in [0, 0.1) is 5.92 Å². The summed E-state index contributed by atoms with van der Waals surface area (Å²) in [4.78, 5) is 85.4. The van der Waals surface area contributed by atoms with Crippen LogP contribution in [0.1, 0.15) is 70.9 Å². The molecule has 0 aromatic heterocycles. The summed E-state index contributed by atoms with van der Waals surface area (Å²) in [5.41, 5.74) is 0.0428. The lowest BCUT2D eigenvalue weighted by Crippen LogP contribution is -2.69. The highest BCUT2D eigenvalue weighted by Gasteiger charge is 2.49. The summed E-state index contributed by atoms with van der Waals surface area (Å²) < 4.78 is 21.9. The van der Waals surface area contributed by atoms with E-state index in [2.05, 4.69) is 21.3 Å². The number of ether oxygens (including phenoxy) is 4. The number of carbonyl (C=O) groups excluding carboxylic acids is 6. The highest BCUT2D eigenvalue weighted by Crippen LogP contribution is 2.32. The Hall–Kier alpha value is -5.80. The van der Waals surface area contributed by atoms with E-state index in [0.717, 1.165) is 24.0 Å². The first-order valence-corrected chi connectivity index (χ1v) is 21.3. The van der Waals surface area contributed by atoms with Gasteiger partial charge < -0.3 is 39.8 Å². The van der Waals surface area contributed by atoms with Crippen LogP contribution in [0.2, 0.25) is 0 Å². The number of esters is 1. The molecule has 1 heterocycles. The van der Waals surface area contributed by atoms with Gasteiger partial charge in [0.25, 0.3) is 5.91 Å². The first-order valence-electron chi connectivity index (χ1n) is 21.3. The van der Waals surface area contributed by atoms with Gasteiger partial charge in [-0.3, -0.25) is 24.5 Å². The van der Waals surface area contributed by atoms with Crippen molar-refractivity contribution in [3.8, 4) is 11.1 Å². The quantitative estimate of drug-likeness (QED) is 0.0803. The smallest absolute Gasteiger partial charge is 0.407 e. The lowest BCUT2D eigenvalue weighted by Gasteiger charge is -2.41. The van der Waals surface area contributed by atoms with Crippen molar-refractivity contribution >= 4 is 35.8 Å². The molecule has 0 aliphatic carbocycles. The van der Waals surface area contributed by atoms with Gasteiger partial charge in [0.2, 0.25) is 11.8 Å². The highest BCUT2D eigenvalue weighted by atomic mass is 16.6. The number of imide groups is 1. The van der Waals surface area contributed by atoms with E-state index in [-0.39, 0.29) is 51.9 Å². The highest BCUT2D eigenvalue weighted by molar-refractivity contribution is 6.01. The van der Waals surface area contributed by atoms with Gasteiger partial charge in [-0.25, -0.2) is 9.59 Å². The first kappa shape index (κ1) is 48.9. The van der Waals surface area contributed by atoms with E-state index in [9.17, 15) is 24.0 Å². The predicted molar refractivity (Wildman–Crippen MR) is 234 cm³/mol. The predicted octanol–water partition coefficient (Wildman–Crippen LogP) is 5.35. The van der Waals surface area contributed by atoms with Crippen molar-refractivity contribution in [2.75, 3.05) is 53.2 Å². The summed E-state index contributed by atoms with van der Waals surface area (Å²) in [6, 6.07) is 24.0. The van der Waals surface area contributed by atoms with Crippen molar-refractivity contribution in [2.24, 2.45) is 5.92 Å². The van der Waals surface area contributed by atoms with E-state index in [1.165, 1.54) is 12.0 Å². The summed E-state index contributed by atoms with van der Waals surface area (Å²) in [7, 11) is 1.45. The molecule has 4 rings (SSSR count). The number of benzene rings is 3. The lowest BCUT2D eigenvalue weighted by atomic mass is 9.76. The molecule has 1 aliphatic rings. The maximum Gasteiger partial charge on any atom is 0.407 e. The number of urea groups is 1. The van der Waals surface area contributed by atoms with Crippen LogP contribution in [0.5, 0.6) is 0 Å². The topological polar surface area (TPSA) is 191 Å². The monoisotopic (exact) mass is 857 g/mol. The van der Waals surface area contributed by atoms with Crippen LogP contribution >= 0.6 is 0 Å². The molecule has 336 valence electrons. The molecular formula is C47H63N5O10. The molecule has 62 heavy (non-hydrogen) atoms. The van der Waals surface area contributed by atoms with Gasteiger partial charge in [0.1, 0.15) is 17.2 Å². The molecule has 1 fully saturated rings. The summed E-state index contributed by atoms with van der Waals surface area (Å²) >= 11 is 0. The fourth-order valence-corrected chi connectivity index (χ4v) is 7.07. The minimum absolute atomic E-state index is 0.0250. The van der Waals surface area contributed by atoms with E-state index in [1.807, 2.05) is 67.6 Å². The van der Waals surface area contributed by atoms with Crippen molar-refractivity contribution in [3.05, 3.63) is 96.1 Å². The SMILES string of the molecule is CCCCCC(=O)NC(Cc1ccccc1-c1ccccc1)(C(=O)NC(Cc1ccccc1)C(=O)NC(=O)N1CCOCC1)C(CNC(=O)OC(C)(C)C)COC(=O)CCOC. The van der Waals surface area contributed by atoms with Crippen molar-refractivity contribution in [1.29, 1.82) is 0 Å². The number of amides is 6. The number of rotatable bonds is 21. The van der Waals surface area contributed by atoms with Gasteiger partial charge in [-0.05, 0) is 49.4 Å². The molecule has 0 saturated carbocycles. The van der Waals surface area contributed by atoms with Crippen molar-refractivity contribution in [2.45, 2.75) is 89.8 Å². The van der Waals surface area contributed by atoms with Crippen LogP contribution in [-0.4, -0.2) is 111 Å². The van der Waals surface area contributed by atoms with Crippen molar-refractivity contribution in [1.82, 2.24) is 26.2 Å². The molecule has 3 atom stereocenters. The molecule has 3 unspecified atom stereocenters. The van der Waals surface area contributed by atoms with Crippen LogP contribution < -0.4 is 21.3 Å². The Bertz CT molecular complexity index is 1920. The van der Waals surface area contributed by atoms with Gasteiger partial charge in [-0.1, -0.05) is 105 Å². The van der Waals surface area contributed by atoms with E-state index in [4.69, 9.17) is 18.9 Å². The second-order valence-electron chi connectivity index (χ2n) is 16.3. The molecular weight excluding hydrogens is 795 g/mol. The third-order valence-electron chi connectivity index (χ3n) is 10.3. The normalized spacial score (nSPS) is 14.6. The number of hydrogen-bond donors (Lipinski definition) is 4. The third-order valence-corrected chi connectivity index (χ3v) is 10.3. The number of morpholine rings is 1. The largest absolute Gasteiger partial charge is 0.465 e. The number of alkyl carbamates (subject to hydrolysis) is 1. The third kappa shape index (κ3) is 15.6. The standard InChI is InChI=1S/C47H63N5O10/c1-6-7-10-23-40(53)51-47(31-36-21-15-16-22-38(36)35-19-13-9-14-20-35,37(33-61-41(54)24-27-59-5)32-48-45(58)62-46(2,3)4)43(56)49-39(30-34-17-11-8-12-18-34)42(55)50-44(57)52-25-28-60-29-26-52/h8-9,11-22,37,39H,6-7,10,23-33H2,1-5H3,(H,48,58)(H,49,56)(H,51,53)(H,50,55,57). The van der Waals surface area contributed by atoms with Gasteiger partial charge in [0.05, 0.1) is 32.8 Å². The molecule has 0 bridgehead atoms. The maximum atomic E-state index is 15.7. The molecule has 1 aliphatic heterocycles. The van der Waals surface area contributed by atoms with Gasteiger partial charge in [-0.2, -0.15) is 0 Å². The Morgan fingerprint density at radius 3 is 2.16 bits per heavy atom. The van der Waals surface area contributed by atoms with Gasteiger partial charge in [-0.15, -0.1) is 0 Å². The number of hydrogen-bond acceptors (Lipinski definition) is 10. The van der Waals surface area contributed by atoms with Crippen LogP contribution in [-0.2, 0) is 51.0 Å². The fraction of sp³-hybridized carbons (Fsp3) is 0.489. The molecule has 0 radical (unpaired) electrons. The summed E-state index contributed by atoms with van der Waals surface area (Å²) in [5, 5.41) is 11.2. The Balaban J connectivity index is 1.90. The van der Waals surface area contributed by atoms with Crippen LogP contribution in [0.25, 0.3) is 11.1 Å². The summed E-state index contributed by atoms with van der Waals surface area (Å²) in [6.45, 7) is 7.62. The molecule has 0 spiro atoms. The average Bonchev–Trinajstić information content (AvgIpc) is 3.25. The van der Waals surface area contributed by atoms with Crippen LogP contribution in [0.15, 0.2) is 84.9 Å². The van der Waals surface area contributed by atoms with E-state index in [0.29, 0.717) is 30.8 Å². The number of nitrogens with one attached hydrogen (secondary N) is 4. The van der Waals surface area contributed by atoms with E-state index >= 15 is 4.79 Å². The van der Waals surface area contributed by atoms with Crippen LogP contribution in [0.4, 0.5) is 9.59 Å². The Kier molecular flexibility index (Phi) is 19.4. The second-order valence-corrected chi connectivity index (χ2v) is 16.3. The zero-order valence-corrected chi connectivity index (χ0v) is 36.7.